The predicted octanol–water partition coefficient (Wildman–Crippen LogP) is 1.28. The first-order chi connectivity index (χ1) is 12.8. The van der Waals surface area contributed by atoms with Crippen LogP contribution in [0.2, 0.25) is 0 Å². The SMILES string of the molecule is CN(C)c1ncc(C(=O)NCc2cccs2)c(C2CCN(S(C)(=O)=O)C2)n1. The van der Waals surface area contributed by atoms with E-state index in [1.165, 1.54) is 16.8 Å². The molecule has 1 atom stereocenters. The van der Waals surface area contributed by atoms with E-state index >= 15 is 0 Å². The van der Waals surface area contributed by atoms with Crippen molar-refractivity contribution in [3.05, 3.63) is 39.8 Å². The number of sulfonamides is 1. The first kappa shape index (κ1) is 19.7. The lowest BCUT2D eigenvalue weighted by Crippen LogP contribution is -2.29. The van der Waals surface area contributed by atoms with Gasteiger partial charge in [-0.05, 0) is 17.9 Å². The predicted molar refractivity (Wildman–Crippen MR) is 106 cm³/mol. The van der Waals surface area contributed by atoms with Crippen LogP contribution >= 0.6 is 11.3 Å². The standard InChI is InChI=1S/C17H23N5O3S2/c1-21(2)17-19-10-14(16(23)18-9-13-5-4-8-26-13)15(20-17)12-6-7-22(11-12)27(3,24)25/h4-5,8,10,12H,6-7,9,11H2,1-3H3,(H,18,23). The molecule has 0 saturated carbocycles. The first-order valence-electron chi connectivity index (χ1n) is 8.55. The molecule has 0 bridgehead atoms. The number of hydrogen-bond acceptors (Lipinski definition) is 7. The van der Waals surface area contributed by atoms with E-state index in [4.69, 9.17) is 0 Å². The first-order valence-corrected chi connectivity index (χ1v) is 11.3. The summed E-state index contributed by atoms with van der Waals surface area (Å²) in [6.45, 7) is 1.19. The molecule has 1 saturated heterocycles. The monoisotopic (exact) mass is 409 g/mol. The summed E-state index contributed by atoms with van der Waals surface area (Å²) in [4.78, 5) is 24.4. The maximum absolute atomic E-state index is 12.7. The molecule has 1 aliphatic heterocycles. The van der Waals surface area contributed by atoms with E-state index in [1.54, 1.807) is 16.2 Å². The van der Waals surface area contributed by atoms with Gasteiger partial charge >= 0.3 is 0 Å². The lowest BCUT2D eigenvalue weighted by Gasteiger charge is -2.18. The van der Waals surface area contributed by atoms with Crippen molar-refractivity contribution in [3.8, 4) is 0 Å². The van der Waals surface area contributed by atoms with E-state index in [0.29, 0.717) is 43.3 Å². The van der Waals surface area contributed by atoms with Crippen LogP contribution in [0.4, 0.5) is 5.95 Å². The van der Waals surface area contributed by atoms with Gasteiger partial charge in [0.1, 0.15) is 0 Å². The van der Waals surface area contributed by atoms with Crippen molar-refractivity contribution in [1.82, 2.24) is 19.6 Å². The molecule has 146 valence electrons. The van der Waals surface area contributed by atoms with E-state index in [2.05, 4.69) is 15.3 Å². The summed E-state index contributed by atoms with van der Waals surface area (Å²) >= 11 is 1.57. The Morgan fingerprint density at radius 3 is 2.81 bits per heavy atom. The zero-order valence-corrected chi connectivity index (χ0v) is 17.2. The van der Waals surface area contributed by atoms with Crippen LogP contribution in [0.1, 0.15) is 33.3 Å². The third-order valence-corrected chi connectivity index (χ3v) is 6.61. The van der Waals surface area contributed by atoms with Crippen molar-refractivity contribution in [3.63, 3.8) is 0 Å². The number of nitrogens with one attached hydrogen (secondary N) is 1. The van der Waals surface area contributed by atoms with Crippen LogP contribution in [0.15, 0.2) is 23.7 Å². The molecule has 3 heterocycles. The maximum atomic E-state index is 12.7. The van der Waals surface area contributed by atoms with Gasteiger partial charge in [-0.3, -0.25) is 4.79 Å². The molecule has 2 aromatic rings. The van der Waals surface area contributed by atoms with E-state index in [-0.39, 0.29) is 11.8 Å². The molecule has 10 heteroatoms. The molecular formula is C17H23N5O3S2. The van der Waals surface area contributed by atoms with E-state index in [1.807, 2.05) is 31.6 Å². The molecule has 1 amide bonds. The zero-order chi connectivity index (χ0) is 19.6. The van der Waals surface area contributed by atoms with Crippen LogP contribution in [-0.2, 0) is 16.6 Å². The minimum atomic E-state index is -3.26. The molecule has 8 nitrogen and oxygen atoms in total. The number of anilines is 1. The quantitative estimate of drug-likeness (QED) is 0.772. The number of nitrogens with zero attached hydrogens (tertiary/aromatic N) is 4. The summed E-state index contributed by atoms with van der Waals surface area (Å²) in [5, 5.41) is 4.86. The Hall–Kier alpha value is -2.04. The second-order valence-corrected chi connectivity index (χ2v) is 9.75. The van der Waals surface area contributed by atoms with Gasteiger partial charge in [0.15, 0.2) is 0 Å². The highest BCUT2D eigenvalue weighted by Crippen LogP contribution is 2.30. The second kappa shape index (κ2) is 7.91. The lowest BCUT2D eigenvalue weighted by molar-refractivity contribution is 0.0949. The highest BCUT2D eigenvalue weighted by Gasteiger charge is 2.33. The van der Waals surface area contributed by atoms with E-state index < -0.39 is 10.0 Å². The number of carbonyl (C=O) groups excluding carboxylic acids is 1. The Balaban J connectivity index is 1.86. The highest BCUT2D eigenvalue weighted by molar-refractivity contribution is 7.88. The molecule has 0 aromatic carbocycles. The van der Waals surface area contributed by atoms with Gasteiger partial charge < -0.3 is 10.2 Å². The topological polar surface area (TPSA) is 95.5 Å². The lowest BCUT2D eigenvalue weighted by atomic mass is 10.00. The van der Waals surface area contributed by atoms with Crippen LogP contribution in [0.3, 0.4) is 0 Å². The van der Waals surface area contributed by atoms with Crippen molar-refractivity contribution in [2.75, 3.05) is 38.3 Å². The highest BCUT2D eigenvalue weighted by atomic mass is 32.2. The summed E-state index contributed by atoms with van der Waals surface area (Å²) < 4.78 is 25.1. The summed E-state index contributed by atoms with van der Waals surface area (Å²) in [5.74, 6) is 0.114. The summed E-state index contributed by atoms with van der Waals surface area (Å²) in [5.41, 5.74) is 1.00. The molecule has 27 heavy (non-hydrogen) atoms. The van der Waals surface area contributed by atoms with Gasteiger partial charge in [-0.2, -0.15) is 0 Å². The molecule has 0 spiro atoms. The Morgan fingerprint density at radius 1 is 1.44 bits per heavy atom. The van der Waals surface area contributed by atoms with Crippen LogP contribution in [0.25, 0.3) is 0 Å². The van der Waals surface area contributed by atoms with E-state index in [9.17, 15) is 13.2 Å². The van der Waals surface area contributed by atoms with Gasteiger partial charge in [0.05, 0.1) is 24.1 Å². The van der Waals surface area contributed by atoms with Gasteiger partial charge in [-0.1, -0.05) is 6.07 Å². The molecule has 1 N–H and O–H groups in total. The van der Waals surface area contributed by atoms with Crippen molar-refractivity contribution >= 4 is 33.2 Å². The molecule has 1 aliphatic rings. The molecule has 2 aromatic heterocycles. The maximum Gasteiger partial charge on any atom is 0.255 e. The van der Waals surface area contributed by atoms with Crippen LogP contribution in [-0.4, -0.2) is 62.0 Å². The Morgan fingerprint density at radius 2 is 2.22 bits per heavy atom. The number of thiophene rings is 1. The number of amides is 1. The Kier molecular flexibility index (Phi) is 5.78. The molecule has 1 unspecified atom stereocenters. The van der Waals surface area contributed by atoms with Crippen molar-refractivity contribution < 1.29 is 13.2 Å². The fourth-order valence-corrected chi connectivity index (χ4v) is 4.55. The Bertz CT molecular complexity index is 913. The summed E-state index contributed by atoms with van der Waals surface area (Å²) in [6, 6.07) is 3.89. The van der Waals surface area contributed by atoms with Crippen molar-refractivity contribution in [1.29, 1.82) is 0 Å². The molecule has 1 fully saturated rings. The number of aromatic nitrogens is 2. The third kappa shape index (κ3) is 4.63. The third-order valence-electron chi connectivity index (χ3n) is 4.46. The van der Waals surface area contributed by atoms with E-state index in [0.717, 1.165) is 4.88 Å². The van der Waals surface area contributed by atoms with Gasteiger partial charge in [-0.15, -0.1) is 11.3 Å². The average Bonchev–Trinajstić information content (AvgIpc) is 3.30. The van der Waals surface area contributed by atoms with Gasteiger partial charge in [0.2, 0.25) is 16.0 Å². The molecule has 0 radical (unpaired) electrons. The summed E-state index contributed by atoms with van der Waals surface area (Å²) in [7, 11) is 0.390. The van der Waals surface area contributed by atoms with Crippen molar-refractivity contribution in [2.45, 2.75) is 18.9 Å². The van der Waals surface area contributed by atoms with Crippen LogP contribution < -0.4 is 10.2 Å². The molecule has 0 aliphatic carbocycles. The van der Waals surface area contributed by atoms with Crippen LogP contribution in [0, 0.1) is 0 Å². The fourth-order valence-electron chi connectivity index (χ4n) is 3.02. The van der Waals surface area contributed by atoms with Gasteiger partial charge in [0.25, 0.3) is 5.91 Å². The summed E-state index contributed by atoms with van der Waals surface area (Å²) in [6.07, 6.45) is 3.36. The van der Waals surface area contributed by atoms with Gasteiger partial charge in [-0.25, -0.2) is 22.7 Å². The van der Waals surface area contributed by atoms with Gasteiger partial charge in [0, 0.05) is 44.2 Å². The zero-order valence-electron chi connectivity index (χ0n) is 15.5. The minimum absolute atomic E-state index is 0.135. The fraction of sp³-hybridized carbons (Fsp3) is 0.471. The number of hydrogen-bond donors (Lipinski definition) is 1. The normalized spacial score (nSPS) is 17.8. The van der Waals surface area contributed by atoms with Crippen molar-refractivity contribution in [2.24, 2.45) is 0 Å². The number of carbonyl (C=O) groups is 1. The average molecular weight is 410 g/mol. The smallest absolute Gasteiger partial charge is 0.255 e. The minimum Gasteiger partial charge on any atom is -0.347 e. The molecular weight excluding hydrogens is 386 g/mol. The van der Waals surface area contributed by atoms with Crippen LogP contribution in [0.5, 0.6) is 0 Å². The number of rotatable bonds is 6. The Labute approximate surface area is 163 Å². The second-order valence-electron chi connectivity index (χ2n) is 6.73. The molecule has 3 rings (SSSR count). The largest absolute Gasteiger partial charge is 0.347 e.